The van der Waals surface area contributed by atoms with Crippen molar-refractivity contribution in [1.82, 2.24) is 20.4 Å². The molecule has 3 heterocycles. The molecular weight excluding hydrogens is 466 g/mol. The van der Waals surface area contributed by atoms with E-state index < -0.39 is 0 Å². The van der Waals surface area contributed by atoms with Crippen molar-refractivity contribution in [3.63, 3.8) is 0 Å². The number of piperidine rings is 2. The summed E-state index contributed by atoms with van der Waals surface area (Å²) in [4.78, 5) is 31.5. The second-order valence-corrected chi connectivity index (χ2v) is 12.6. The first-order chi connectivity index (χ1) is 18.0. The van der Waals surface area contributed by atoms with E-state index in [0.717, 1.165) is 70.5 Å². The molecular formula is C29H51N5O3. The number of carbonyl (C=O) groups is 2. The van der Waals surface area contributed by atoms with Crippen LogP contribution in [0.25, 0.3) is 0 Å². The number of nitrogens with one attached hydrogen (secondary N) is 2. The van der Waals surface area contributed by atoms with Gasteiger partial charge in [0.1, 0.15) is 0 Å². The van der Waals surface area contributed by atoms with Crippen molar-refractivity contribution in [3.8, 4) is 0 Å². The lowest BCUT2D eigenvalue weighted by Crippen LogP contribution is -2.74. The van der Waals surface area contributed by atoms with Gasteiger partial charge < -0.3 is 20.7 Å². The highest BCUT2D eigenvalue weighted by molar-refractivity contribution is 5.84. The number of carbonyl (C=O) groups excluding carboxylic acids is 2. The van der Waals surface area contributed by atoms with Crippen LogP contribution in [-0.2, 0) is 14.3 Å². The van der Waals surface area contributed by atoms with Gasteiger partial charge in [0.25, 0.3) is 0 Å². The van der Waals surface area contributed by atoms with E-state index in [1.807, 2.05) is 12.0 Å². The summed E-state index contributed by atoms with van der Waals surface area (Å²) in [5.74, 6) is 1.12. The second-order valence-electron chi connectivity index (χ2n) is 12.6. The maximum absolute atomic E-state index is 13.7. The van der Waals surface area contributed by atoms with Crippen molar-refractivity contribution in [2.45, 2.75) is 121 Å². The topological polar surface area (TPSA) is 99.9 Å². The van der Waals surface area contributed by atoms with E-state index in [-0.39, 0.29) is 42.1 Å². The van der Waals surface area contributed by atoms with E-state index in [1.54, 1.807) is 0 Å². The minimum Gasteiger partial charge on any atom is -0.381 e. The number of ether oxygens (including phenoxy) is 1. The minimum atomic E-state index is -0.360. The van der Waals surface area contributed by atoms with Gasteiger partial charge in [0, 0.05) is 26.7 Å². The molecule has 5 rings (SSSR count). The van der Waals surface area contributed by atoms with E-state index in [1.165, 1.54) is 44.9 Å². The van der Waals surface area contributed by atoms with Gasteiger partial charge in [-0.25, -0.2) is 0 Å². The predicted octanol–water partition coefficient (Wildman–Crippen LogP) is 3.16. The quantitative estimate of drug-likeness (QED) is 0.457. The predicted molar refractivity (Wildman–Crippen MR) is 144 cm³/mol. The summed E-state index contributed by atoms with van der Waals surface area (Å²) in [6, 6.07) is 0. The summed E-state index contributed by atoms with van der Waals surface area (Å²) >= 11 is 0. The van der Waals surface area contributed by atoms with Crippen molar-refractivity contribution >= 4 is 11.8 Å². The Bertz CT molecular complexity index is 767. The molecule has 5 fully saturated rings. The number of methoxy groups -OCH3 is 1. The van der Waals surface area contributed by atoms with Crippen LogP contribution in [0, 0.1) is 23.7 Å². The van der Waals surface area contributed by atoms with E-state index >= 15 is 0 Å². The fraction of sp³-hybridized carbons (Fsp3) is 0.931. The first kappa shape index (κ1) is 27.4. The molecule has 2 amide bonds. The Balaban J connectivity index is 1.24. The molecule has 0 bridgehead atoms. The Hall–Kier alpha value is -1.22. The molecule has 0 radical (unpaired) electrons. The number of rotatable bonds is 8. The summed E-state index contributed by atoms with van der Waals surface area (Å²) in [5, 5.41) is 7.05. The van der Waals surface area contributed by atoms with Gasteiger partial charge in [-0.05, 0) is 76.0 Å². The van der Waals surface area contributed by atoms with E-state index in [0.29, 0.717) is 18.4 Å². The summed E-state index contributed by atoms with van der Waals surface area (Å²) in [6.07, 6.45) is 17.2. The monoisotopic (exact) mass is 517 g/mol. The molecule has 3 aliphatic heterocycles. The van der Waals surface area contributed by atoms with Crippen LogP contribution in [0.3, 0.4) is 0 Å². The third-order valence-electron chi connectivity index (χ3n) is 10.3. The molecule has 0 aromatic heterocycles. The van der Waals surface area contributed by atoms with Gasteiger partial charge in [0.05, 0.1) is 36.4 Å². The highest BCUT2D eigenvalue weighted by Gasteiger charge is 2.52. The van der Waals surface area contributed by atoms with Gasteiger partial charge in [-0.15, -0.1) is 0 Å². The first-order valence-electron chi connectivity index (χ1n) is 15.4. The normalized spacial score (nSPS) is 37.6. The Labute approximate surface area is 223 Å². The molecule has 4 N–H and O–H groups in total. The number of hydrogen-bond donors (Lipinski definition) is 3. The fourth-order valence-corrected chi connectivity index (χ4v) is 7.96. The highest BCUT2D eigenvalue weighted by atomic mass is 16.5. The molecule has 8 heteroatoms. The van der Waals surface area contributed by atoms with Crippen LogP contribution in [0.4, 0.5) is 0 Å². The zero-order valence-corrected chi connectivity index (χ0v) is 23.0. The molecule has 5 atom stereocenters. The molecule has 0 aromatic carbocycles. The van der Waals surface area contributed by atoms with Crippen molar-refractivity contribution in [2.24, 2.45) is 29.4 Å². The van der Waals surface area contributed by atoms with Crippen LogP contribution < -0.4 is 16.4 Å². The number of nitrogens with two attached hydrogens (primary N) is 1. The van der Waals surface area contributed by atoms with Crippen LogP contribution in [0.5, 0.6) is 0 Å². The van der Waals surface area contributed by atoms with Crippen molar-refractivity contribution < 1.29 is 14.3 Å². The molecule has 5 unspecified atom stereocenters. The van der Waals surface area contributed by atoms with E-state index in [9.17, 15) is 9.59 Å². The number of likely N-dealkylation sites (tertiary alicyclic amines) is 1. The average molecular weight is 518 g/mol. The van der Waals surface area contributed by atoms with Gasteiger partial charge >= 0.3 is 0 Å². The maximum Gasteiger partial charge on any atom is 0.229 e. The largest absolute Gasteiger partial charge is 0.381 e. The number of fused-ring (bicyclic) bond motifs is 2. The Morgan fingerprint density at radius 3 is 2.49 bits per heavy atom. The van der Waals surface area contributed by atoms with Gasteiger partial charge in [-0.2, -0.15) is 0 Å². The van der Waals surface area contributed by atoms with Crippen molar-refractivity contribution in [2.75, 3.05) is 26.7 Å². The Morgan fingerprint density at radius 2 is 1.73 bits per heavy atom. The third-order valence-corrected chi connectivity index (χ3v) is 10.3. The van der Waals surface area contributed by atoms with Gasteiger partial charge in [-0.3, -0.25) is 19.8 Å². The van der Waals surface area contributed by atoms with E-state index in [4.69, 9.17) is 10.5 Å². The van der Waals surface area contributed by atoms with Crippen LogP contribution in [0.15, 0.2) is 0 Å². The summed E-state index contributed by atoms with van der Waals surface area (Å²) in [7, 11) is 1.82. The average Bonchev–Trinajstić information content (AvgIpc) is 2.93. The molecule has 2 aliphatic carbocycles. The van der Waals surface area contributed by atoms with Crippen LogP contribution in [0.1, 0.15) is 96.3 Å². The lowest BCUT2D eigenvalue weighted by molar-refractivity contribution is -0.162. The molecule has 37 heavy (non-hydrogen) atoms. The van der Waals surface area contributed by atoms with Gasteiger partial charge in [0.2, 0.25) is 11.8 Å². The Kier molecular flexibility index (Phi) is 9.43. The minimum absolute atomic E-state index is 0.0425. The molecule has 0 spiro atoms. The second kappa shape index (κ2) is 12.8. The standard InChI is InChI=1S/C29H51N5O3/c1-37-22-12-10-21(11-13-22)15-18-34-26(30)23(28(35)31-16-14-20-7-3-2-4-8-20)19-24-27(34)32-25-9-5-6-17-33(25)29(24)36/h20-27,32H,2-19,30H2,1H3,(H,31,35). The fourth-order valence-electron chi connectivity index (χ4n) is 7.96. The van der Waals surface area contributed by atoms with Crippen molar-refractivity contribution in [1.29, 1.82) is 0 Å². The molecule has 2 saturated carbocycles. The maximum atomic E-state index is 13.7. The summed E-state index contributed by atoms with van der Waals surface area (Å²) < 4.78 is 5.57. The third kappa shape index (κ3) is 6.34. The Morgan fingerprint density at radius 1 is 1.00 bits per heavy atom. The van der Waals surface area contributed by atoms with Crippen molar-refractivity contribution in [3.05, 3.63) is 0 Å². The van der Waals surface area contributed by atoms with Crippen LogP contribution >= 0.6 is 0 Å². The number of nitrogens with zero attached hydrogens (tertiary/aromatic N) is 2. The molecule has 210 valence electrons. The van der Waals surface area contributed by atoms with E-state index in [2.05, 4.69) is 15.5 Å². The van der Waals surface area contributed by atoms with Crippen LogP contribution in [-0.4, -0.2) is 73.0 Å². The molecule has 8 nitrogen and oxygen atoms in total. The first-order valence-corrected chi connectivity index (χ1v) is 15.4. The zero-order valence-electron chi connectivity index (χ0n) is 23.0. The SMILES string of the molecule is COC1CCC(CCN2C(N)C(C(=O)NCCC3CCCCC3)CC3C(=O)N4CCCCC4NC32)CC1. The number of amides is 2. The lowest BCUT2D eigenvalue weighted by atomic mass is 9.79. The van der Waals surface area contributed by atoms with Gasteiger partial charge in [-0.1, -0.05) is 32.1 Å². The molecule has 3 saturated heterocycles. The smallest absolute Gasteiger partial charge is 0.229 e. The molecule has 0 aromatic rings. The lowest BCUT2D eigenvalue weighted by Gasteiger charge is -2.55. The van der Waals surface area contributed by atoms with Crippen LogP contribution in [0.2, 0.25) is 0 Å². The number of hydrogen-bond acceptors (Lipinski definition) is 6. The summed E-state index contributed by atoms with van der Waals surface area (Å²) in [6.45, 7) is 2.39. The summed E-state index contributed by atoms with van der Waals surface area (Å²) in [5.41, 5.74) is 6.90. The highest BCUT2D eigenvalue weighted by Crippen LogP contribution is 2.37. The molecule has 5 aliphatic rings. The van der Waals surface area contributed by atoms with Gasteiger partial charge in [0.15, 0.2) is 0 Å². The zero-order chi connectivity index (χ0) is 25.8.